The minimum atomic E-state index is -0.532. The van der Waals surface area contributed by atoms with Gasteiger partial charge in [0.15, 0.2) is 0 Å². The normalized spacial score (nSPS) is 13.2. The van der Waals surface area contributed by atoms with Crippen molar-refractivity contribution in [3.05, 3.63) is 29.8 Å². The Morgan fingerprint density at radius 1 is 1.56 bits per heavy atom. The van der Waals surface area contributed by atoms with Crippen molar-refractivity contribution in [1.29, 1.82) is 0 Å². The Labute approximate surface area is 92.5 Å². The predicted octanol–water partition coefficient (Wildman–Crippen LogP) is 1.19. The van der Waals surface area contributed by atoms with Gasteiger partial charge in [0, 0.05) is 12.6 Å². The van der Waals surface area contributed by atoms with Crippen LogP contribution in [-0.4, -0.2) is 21.3 Å². The highest BCUT2D eigenvalue weighted by Gasteiger charge is 2.15. The molecule has 0 aliphatic rings. The Bertz CT molecular complexity index is 509. The van der Waals surface area contributed by atoms with Crippen molar-refractivity contribution in [3.8, 4) is 0 Å². The monoisotopic (exact) mass is 223 g/mol. The number of aromatic nitrogens is 2. The summed E-state index contributed by atoms with van der Waals surface area (Å²) in [5.74, 6) is 0.267. The average molecular weight is 223 g/mol. The highest BCUT2D eigenvalue weighted by atomic mass is 19.1. The van der Waals surface area contributed by atoms with Crippen LogP contribution in [0.2, 0.25) is 0 Å². The van der Waals surface area contributed by atoms with E-state index in [0.717, 1.165) is 5.52 Å². The van der Waals surface area contributed by atoms with E-state index in [9.17, 15) is 4.39 Å². The van der Waals surface area contributed by atoms with Gasteiger partial charge in [-0.25, -0.2) is 9.37 Å². The van der Waals surface area contributed by atoms with Gasteiger partial charge in [0.25, 0.3) is 0 Å². The van der Waals surface area contributed by atoms with E-state index in [2.05, 4.69) is 4.98 Å². The molecule has 86 valence electrons. The van der Waals surface area contributed by atoms with E-state index in [1.807, 2.05) is 11.5 Å². The lowest BCUT2D eigenvalue weighted by molar-refractivity contribution is 0.261. The summed E-state index contributed by atoms with van der Waals surface area (Å²) in [6.07, 6.45) is 0. The summed E-state index contributed by atoms with van der Waals surface area (Å²) in [5, 5.41) is 9.04. The molecule has 1 aromatic carbocycles. The zero-order chi connectivity index (χ0) is 11.7. The SMILES string of the molecule is CCn1c(C(N)CO)nc2cc(F)ccc21. The highest BCUT2D eigenvalue weighted by molar-refractivity contribution is 5.76. The molecular weight excluding hydrogens is 209 g/mol. The Kier molecular flexibility index (Phi) is 2.89. The van der Waals surface area contributed by atoms with Crippen LogP contribution in [0.15, 0.2) is 18.2 Å². The molecule has 0 saturated heterocycles. The van der Waals surface area contributed by atoms with Gasteiger partial charge in [0.05, 0.1) is 23.7 Å². The Morgan fingerprint density at radius 3 is 2.94 bits per heavy atom. The molecule has 1 aromatic heterocycles. The summed E-state index contributed by atoms with van der Waals surface area (Å²) in [6.45, 7) is 2.47. The zero-order valence-corrected chi connectivity index (χ0v) is 9.02. The van der Waals surface area contributed by atoms with Gasteiger partial charge in [-0.1, -0.05) is 0 Å². The molecule has 0 aliphatic carbocycles. The van der Waals surface area contributed by atoms with Crippen molar-refractivity contribution < 1.29 is 9.50 Å². The molecule has 4 nitrogen and oxygen atoms in total. The van der Waals surface area contributed by atoms with E-state index in [1.165, 1.54) is 12.1 Å². The molecule has 1 heterocycles. The number of nitrogens with zero attached hydrogens (tertiary/aromatic N) is 2. The van der Waals surface area contributed by atoms with Gasteiger partial charge in [0.1, 0.15) is 11.6 Å². The van der Waals surface area contributed by atoms with Crippen LogP contribution in [0.4, 0.5) is 4.39 Å². The molecule has 1 atom stereocenters. The van der Waals surface area contributed by atoms with Crippen molar-refractivity contribution in [2.75, 3.05) is 6.61 Å². The van der Waals surface area contributed by atoms with Gasteiger partial charge in [-0.3, -0.25) is 0 Å². The molecule has 1 unspecified atom stereocenters. The topological polar surface area (TPSA) is 64.1 Å². The molecule has 16 heavy (non-hydrogen) atoms. The number of nitrogens with two attached hydrogens (primary N) is 1. The van der Waals surface area contributed by atoms with Gasteiger partial charge in [0.2, 0.25) is 0 Å². The first-order chi connectivity index (χ1) is 7.67. The average Bonchev–Trinajstić information content (AvgIpc) is 2.65. The van der Waals surface area contributed by atoms with Crippen LogP contribution >= 0.6 is 0 Å². The molecule has 2 rings (SSSR count). The van der Waals surface area contributed by atoms with E-state index in [4.69, 9.17) is 10.8 Å². The first kappa shape index (κ1) is 11.0. The molecule has 0 spiro atoms. The van der Waals surface area contributed by atoms with Crippen LogP contribution in [0.1, 0.15) is 18.8 Å². The fourth-order valence-corrected chi connectivity index (χ4v) is 1.82. The van der Waals surface area contributed by atoms with Crippen LogP contribution in [0.5, 0.6) is 0 Å². The fraction of sp³-hybridized carbons (Fsp3) is 0.364. The fourth-order valence-electron chi connectivity index (χ4n) is 1.82. The smallest absolute Gasteiger partial charge is 0.129 e. The lowest BCUT2D eigenvalue weighted by Gasteiger charge is -2.10. The Hall–Kier alpha value is -1.46. The molecular formula is C11H14FN3O. The van der Waals surface area contributed by atoms with Gasteiger partial charge < -0.3 is 15.4 Å². The standard InChI is InChI=1S/C11H14FN3O/c1-2-15-10-4-3-7(12)5-9(10)14-11(15)8(13)6-16/h3-5,8,16H,2,6,13H2,1H3. The molecule has 0 aliphatic heterocycles. The van der Waals surface area contributed by atoms with Crippen LogP contribution in [0, 0.1) is 5.82 Å². The van der Waals surface area contributed by atoms with Crippen molar-refractivity contribution in [2.45, 2.75) is 19.5 Å². The van der Waals surface area contributed by atoms with Crippen LogP contribution in [-0.2, 0) is 6.54 Å². The molecule has 0 radical (unpaired) electrons. The molecule has 0 saturated carbocycles. The second kappa shape index (κ2) is 4.19. The van der Waals surface area contributed by atoms with Crippen molar-refractivity contribution in [2.24, 2.45) is 5.73 Å². The first-order valence-electron chi connectivity index (χ1n) is 5.19. The third-order valence-corrected chi connectivity index (χ3v) is 2.58. The highest BCUT2D eigenvalue weighted by Crippen LogP contribution is 2.20. The van der Waals surface area contributed by atoms with E-state index in [0.29, 0.717) is 17.9 Å². The van der Waals surface area contributed by atoms with Crippen LogP contribution in [0.3, 0.4) is 0 Å². The van der Waals surface area contributed by atoms with Crippen molar-refractivity contribution in [3.63, 3.8) is 0 Å². The maximum absolute atomic E-state index is 13.0. The summed E-state index contributed by atoms with van der Waals surface area (Å²) in [6, 6.07) is 3.91. The number of aryl methyl sites for hydroxylation is 1. The molecule has 2 aromatic rings. The summed E-state index contributed by atoms with van der Waals surface area (Å²) < 4.78 is 14.9. The number of benzene rings is 1. The van der Waals surface area contributed by atoms with E-state index >= 15 is 0 Å². The third-order valence-electron chi connectivity index (χ3n) is 2.58. The van der Waals surface area contributed by atoms with Crippen LogP contribution in [0.25, 0.3) is 11.0 Å². The Balaban J connectivity index is 2.65. The molecule has 5 heteroatoms. The summed E-state index contributed by atoms with van der Waals surface area (Å²) in [5.41, 5.74) is 7.15. The van der Waals surface area contributed by atoms with E-state index < -0.39 is 6.04 Å². The Morgan fingerprint density at radius 2 is 2.31 bits per heavy atom. The molecule has 0 amide bonds. The lowest BCUT2D eigenvalue weighted by Crippen LogP contribution is -2.19. The van der Waals surface area contributed by atoms with Gasteiger partial charge in [-0.05, 0) is 19.1 Å². The number of hydrogen-bond acceptors (Lipinski definition) is 3. The third kappa shape index (κ3) is 1.68. The van der Waals surface area contributed by atoms with E-state index in [1.54, 1.807) is 6.07 Å². The number of rotatable bonds is 3. The summed E-state index contributed by atoms with van der Waals surface area (Å²) >= 11 is 0. The second-order valence-electron chi connectivity index (χ2n) is 3.64. The zero-order valence-electron chi connectivity index (χ0n) is 9.02. The second-order valence-corrected chi connectivity index (χ2v) is 3.64. The number of imidazole rings is 1. The quantitative estimate of drug-likeness (QED) is 0.821. The van der Waals surface area contributed by atoms with Crippen LogP contribution < -0.4 is 5.73 Å². The minimum Gasteiger partial charge on any atom is -0.394 e. The number of hydrogen-bond donors (Lipinski definition) is 2. The minimum absolute atomic E-state index is 0.175. The van der Waals surface area contributed by atoms with Gasteiger partial charge in [-0.2, -0.15) is 0 Å². The lowest BCUT2D eigenvalue weighted by atomic mass is 10.3. The maximum atomic E-state index is 13.0. The summed E-state index contributed by atoms with van der Waals surface area (Å²) in [4.78, 5) is 4.25. The predicted molar refractivity (Wildman–Crippen MR) is 59.4 cm³/mol. The van der Waals surface area contributed by atoms with Gasteiger partial charge in [-0.15, -0.1) is 0 Å². The number of aliphatic hydroxyl groups excluding tert-OH is 1. The van der Waals surface area contributed by atoms with Gasteiger partial charge >= 0.3 is 0 Å². The summed E-state index contributed by atoms with van der Waals surface area (Å²) in [7, 11) is 0. The largest absolute Gasteiger partial charge is 0.394 e. The first-order valence-corrected chi connectivity index (χ1v) is 5.19. The number of aliphatic hydroxyl groups is 1. The molecule has 0 bridgehead atoms. The number of halogens is 1. The van der Waals surface area contributed by atoms with E-state index in [-0.39, 0.29) is 12.4 Å². The molecule has 0 fully saturated rings. The maximum Gasteiger partial charge on any atom is 0.129 e. The molecule has 3 N–H and O–H groups in total. The number of fused-ring (bicyclic) bond motifs is 1. The van der Waals surface area contributed by atoms with Crippen molar-refractivity contribution in [1.82, 2.24) is 9.55 Å². The van der Waals surface area contributed by atoms with Crippen molar-refractivity contribution >= 4 is 11.0 Å².